The van der Waals surface area contributed by atoms with Gasteiger partial charge in [0.1, 0.15) is 0 Å². The predicted octanol–water partition coefficient (Wildman–Crippen LogP) is 2.33. The number of hydrogen-bond donors (Lipinski definition) is 1. The Morgan fingerprint density at radius 1 is 1.39 bits per heavy atom. The summed E-state index contributed by atoms with van der Waals surface area (Å²) in [7, 11) is 0. The molecule has 2 fully saturated rings. The lowest BCUT2D eigenvalue weighted by atomic mass is 9.98. The van der Waals surface area contributed by atoms with Crippen molar-refractivity contribution in [2.24, 2.45) is 5.92 Å². The fraction of sp³-hybridized carbons (Fsp3) is 0.800. The molecule has 2 aliphatic rings. The zero-order valence-corrected chi connectivity index (χ0v) is 11.6. The normalized spacial score (nSPS) is 25.1. The summed E-state index contributed by atoms with van der Waals surface area (Å²) >= 11 is 0. The molecule has 1 atom stereocenters. The van der Waals surface area contributed by atoms with E-state index in [1.54, 1.807) is 0 Å². The molecule has 1 heterocycles. The van der Waals surface area contributed by atoms with Crippen LogP contribution in [0.3, 0.4) is 0 Å². The molecule has 2 rings (SSSR count). The van der Waals surface area contributed by atoms with Gasteiger partial charge < -0.3 is 10.2 Å². The summed E-state index contributed by atoms with van der Waals surface area (Å²) in [6.07, 6.45) is 6.75. The average Bonchev–Trinajstić information content (AvgIpc) is 3.18. The Morgan fingerprint density at radius 2 is 2.17 bits per heavy atom. The van der Waals surface area contributed by atoms with Crippen molar-refractivity contribution in [2.75, 3.05) is 19.6 Å². The van der Waals surface area contributed by atoms with Gasteiger partial charge in [0.2, 0.25) is 5.91 Å². The first kappa shape index (κ1) is 13.6. The summed E-state index contributed by atoms with van der Waals surface area (Å²) in [5.74, 6) is 1.05. The van der Waals surface area contributed by atoms with E-state index >= 15 is 0 Å². The van der Waals surface area contributed by atoms with E-state index in [0.717, 1.165) is 50.4 Å². The second-order valence-electron chi connectivity index (χ2n) is 5.82. The lowest BCUT2D eigenvalue weighted by Crippen LogP contribution is -2.34. The zero-order chi connectivity index (χ0) is 13.0. The highest BCUT2D eigenvalue weighted by atomic mass is 16.2. The minimum absolute atomic E-state index is 0.318. The van der Waals surface area contributed by atoms with E-state index in [4.69, 9.17) is 0 Å². The zero-order valence-electron chi connectivity index (χ0n) is 11.6. The van der Waals surface area contributed by atoms with Gasteiger partial charge in [-0.1, -0.05) is 19.9 Å². The fourth-order valence-electron chi connectivity index (χ4n) is 2.57. The smallest absolute Gasteiger partial charge is 0.222 e. The van der Waals surface area contributed by atoms with Gasteiger partial charge in [0.05, 0.1) is 0 Å². The number of carbonyl (C=O) groups is 1. The molecule has 18 heavy (non-hydrogen) atoms. The molecule has 3 heteroatoms. The molecule has 0 aromatic rings. The van der Waals surface area contributed by atoms with Crippen LogP contribution in [-0.2, 0) is 4.79 Å². The summed E-state index contributed by atoms with van der Waals surface area (Å²) in [5.41, 5.74) is 1.14. The third-order valence-electron chi connectivity index (χ3n) is 4.14. The lowest BCUT2D eigenvalue weighted by molar-refractivity contribution is -0.130. The van der Waals surface area contributed by atoms with Gasteiger partial charge in [-0.3, -0.25) is 4.79 Å². The van der Waals surface area contributed by atoms with Gasteiger partial charge in [-0.25, -0.2) is 0 Å². The van der Waals surface area contributed by atoms with E-state index in [2.05, 4.69) is 18.8 Å². The number of carbonyl (C=O) groups excluding carboxylic acids is 1. The lowest BCUT2D eigenvalue weighted by Gasteiger charge is -2.22. The standard InChI is InChI=1S/C15H26N2O/c1-3-13-4-7-15(18)17(9-8-13)11-12(2)10-16-14-5-6-14/h13-14,16H,2-11H2,1H3. The largest absolute Gasteiger partial charge is 0.339 e. The second kappa shape index (κ2) is 6.37. The first-order valence-corrected chi connectivity index (χ1v) is 7.36. The van der Waals surface area contributed by atoms with Crippen LogP contribution in [0, 0.1) is 5.92 Å². The first-order valence-electron chi connectivity index (χ1n) is 7.36. The van der Waals surface area contributed by atoms with E-state index < -0.39 is 0 Å². The molecule has 0 radical (unpaired) electrons. The van der Waals surface area contributed by atoms with Gasteiger partial charge in [-0.2, -0.15) is 0 Å². The van der Waals surface area contributed by atoms with E-state index in [-0.39, 0.29) is 0 Å². The van der Waals surface area contributed by atoms with Crippen LogP contribution in [0.25, 0.3) is 0 Å². The Bertz CT molecular complexity index is 310. The molecule has 1 N–H and O–H groups in total. The van der Waals surface area contributed by atoms with Gasteiger partial charge in [0.25, 0.3) is 0 Å². The molecular weight excluding hydrogens is 224 g/mol. The quantitative estimate of drug-likeness (QED) is 0.734. The maximum atomic E-state index is 12.0. The molecule has 0 aromatic heterocycles. The Balaban J connectivity index is 1.75. The number of likely N-dealkylation sites (tertiary alicyclic amines) is 1. The molecular formula is C15H26N2O. The van der Waals surface area contributed by atoms with Crippen LogP contribution in [0.5, 0.6) is 0 Å². The van der Waals surface area contributed by atoms with Gasteiger partial charge >= 0.3 is 0 Å². The van der Waals surface area contributed by atoms with Crippen LogP contribution in [0.1, 0.15) is 45.4 Å². The predicted molar refractivity (Wildman–Crippen MR) is 74.4 cm³/mol. The number of nitrogens with zero attached hydrogens (tertiary/aromatic N) is 1. The summed E-state index contributed by atoms with van der Waals surface area (Å²) in [6.45, 7) is 8.85. The van der Waals surface area contributed by atoms with Gasteiger partial charge in [0, 0.05) is 32.1 Å². The van der Waals surface area contributed by atoms with Crippen LogP contribution >= 0.6 is 0 Å². The van der Waals surface area contributed by atoms with Gasteiger partial charge in [0.15, 0.2) is 0 Å². The van der Waals surface area contributed by atoms with Gasteiger partial charge in [-0.15, -0.1) is 0 Å². The van der Waals surface area contributed by atoms with Crippen LogP contribution < -0.4 is 5.32 Å². The number of amides is 1. The minimum atomic E-state index is 0.318. The topological polar surface area (TPSA) is 32.3 Å². The van der Waals surface area contributed by atoms with Gasteiger partial charge in [-0.05, 0) is 37.2 Å². The van der Waals surface area contributed by atoms with Crippen LogP contribution in [0.2, 0.25) is 0 Å². The van der Waals surface area contributed by atoms with Crippen LogP contribution in [-0.4, -0.2) is 36.5 Å². The Morgan fingerprint density at radius 3 is 2.83 bits per heavy atom. The van der Waals surface area contributed by atoms with Crippen molar-refractivity contribution < 1.29 is 4.79 Å². The van der Waals surface area contributed by atoms with Crippen molar-refractivity contribution >= 4 is 5.91 Å². The van der Waals surface area contributed by atoms with E-state index in [1.807, 2.05) is 4.90 Å². The maximum Gasteiger partial charge on any atom is 0.222 e. The van der Waals surface area contributed by atoms with Crippen molar-refractivity contribution in [1.29, 1.82) is 0 Å². The Labute approximate surface area is 111 Å². The molecule has 1 amide bonds. The summed E-state index contributed by atoms with van der Waals surface area (Å²) in [6, 6.07) is 0.714. The molecule has 1 unspecified atom stereocenters. The summed E-state index contributed by atoms with van der Waals surface area (Å²) < 4.78 is 0. The monoisotopic (exact) mass is 250 g/mol. The van der Waals surface area contributed by atoms with E-state index in [9.17, 15) is 4.79 Å². The minimum Gasteiger partial charge on any atom is -0.339 e. The van der Waals surface area contributed by atoms with Crippen molar-refractivity contribution in [2.45, 2.75) is 51.5 Å². The number of nitrogens with one attached hydrogen (secondary N) is 1. The summed E-state index contributed by atoms with van der Waals surface area (Å²) in [5, 5.41) is 3.46. The fourth-order valence-corrected chi connectivity index (χ4v) is 2.57. The molecule has 1 saturated carbocycles. The second-order valence-corrected chi connectivity index (χ2v) is 5.82. The SMILES string of the molecule is C=C(CNC1CC1)CN1CCC(CC)CCC1=O. The number of hydrogen-bond acceptors (Lipinski definition) is 2. The number of rotatable bonds is 6. The third kappa shape index (κ3) is 4.13. The van der Waals surface area contributed by atoms with E-state index in [1.165, 1.54) is 19.3 Å². The van der Waals surface area contributed by atoms with Crippen molar-refractivity contribution in [1.82, 2.24) is 10.2 Å². The van der Waals surface area contributed by atoms with E-state index in [0.29, 0.717) is 11.9 Å². The molecule has 1 aliphatic heterocycles. The molecule has 0 aromatic carbocycles. The maximum absolute atomic E-state index is 12.0. The molecule has 0 spiro atoms. The highest BCUT2D eigenvalue weighted by molar-refractivity contribution is 5.76. The third-order valence-corrected chi connectivity index (χ3v) is 4.14. The van der Waals surface area contributed by atoms with Crippen molar-refractivity contribution in [3.63, 3.8) is 0 Å². The first-order chi connectivity index (χ1) is 8.69. The molecule has 3 nitrogen and oxygen atoms in total. The van der Waals surface area contributed by atoms with Crippen molar-refractivity contribution in [3.8, 4) is 0 Å². The molecule has 1 aliphatic carbocycles. The molecule has 102 valence electrons. The summed E-state index contributed by atoms with van der Waals surface area (Å²) in [4.78, 5) is 14.0. The average molecular weight is 250 g/mol. The van der Waals surface area contributed by atoms with Crippen molar-refractivity contribution in [3.05, 3.63) is 12.2 Å². The highest BCUT2D eigenvalue weighted by Gasteiger charge is 2.23. The Kier molecular flexibility index (Phi) is 4.81. The molecule has 1 saturated heterocycles. The van der Waals surface area contributed by atoms with Crippen LogP contribution in [0.15, 0.2) is 12.2 Å². The highest BCUT2D eigenvalue weighted by Crippen LogP contribution is 2.22. The van der Waals surface area contributed by atoms with Crippen LogP contribution in [0.4, 0.5) is 0 Å². The Hall–Kier alpha value is -0.830. The molecule has 0 bridgehead atoms.